The van der Waals surface area contributed by atoms with Crippen molar-refractivity contribution in [1.29, 1.82) is 0 Å². The van der Waals surface area contributed by atoms with E-state index in [9.17, 15) is 4.79 Å². The predicted octanol–water partition coefficient (Wildman–Crippen LogP) is 4.48. The normalized spacial score (nSPS) is 24.4. The maximum atomic E-state index is 11.3. The second kappa shape index (κ2) is 6.70. The Balaban J connectivity index is 2.23. The van der Waals surface area contributed by atoms with Crippen molar-refractivity contribution >= 4 is 22.8 Å². The number of aromatic nitrogens is 1. The Morgan fingerprint density at radius 2 is 2.15 bits per heavy atom. The molecule has 1 aliphatic rings. The van der Waals surface area contributed by atoms with Gasteiger partial charge in [0.05, 0.1) is 10.6 Å². The zero-order valence-corrected chi connectivity index (χ0v) is 13.9. The van der Waals surface area contributed by atoms with Gasteiger partial charge in [0.1, 0.15) is 0 Å². The number of hydrogen-bond acceptors (Lipinski definition) is 4. The molecule has 0 aromatic carbocycles. The summed E-state index contributed by atoms with van der Waals surface area (Å²) in [5.74, 6) is 1.07. The number of nitrogens with zero attached hydrogens (tertiary/aromatic N) is 2. The van der Waals surface area contributed by atoms with Gasteiger partial charge in [-0.05, 0) is 31.1 Å². The molecule has 1 saturated carbocycles. The highest BCUT2D eigenvalue weighted by atomic mass is 32.1. The van der Waals surface area contributed by atoms with E-state index in [4.69, 9.17) is 4.98 Å². The van der Waals surface area contributed by atoms with Crippen LogP contribution in [0.25, 0.3) is 0 Å². The van der Waals surface area contributed by atoms with Crippen LogP contribution in [-0.4, -0.2) is 24.4 Å². The SMILES string of the molecule is CCC(C)c1nc(N(C)C2CCCCC2C)sc1C=O. The molecule has 0 saturated heterocycles. The summed E-state index contributed by atoms with van der Waals surface area (Å²) in [5.41, 5.74) is 0.984. The molecule has 2 rings (SSSR count). The van der Waals surface area contributed by atoms with Crippen LogP contribution in [0.15, 0.2) is 0 Å². The summed E-state index contributed by atoms with van der Waals surface area (Å²) in [6.07, 6.45) is 7.20. The molecule has 1 heterocycles. The van der Waals surface area contributed by atoms with Gasteiger partial charge in [0, 0.05) is 13.1 Å². The first kappa shape index (κ1) is 15.5. The first-order chi connectivity index (χ1) is 9.58. The molecule has 0 spiro atoms. The first-order valence-corrected chi connectivity index (χ1v) is 8.58. The molecule has 112 valence electrons. The lowest BCUT2D eigenvalue weighted by molar-refractivity contribution is 0.112. The van der Waals surface area contributed by atoms with Gasteiger partial charge in [0.2, 0.25) is 0 Å². The molecule has 4 heteroatoms. The Morgan fingerprint density at radius 1 is 1.45 bits per heavy atom. The Morgan fingerprint density at radius 3 is 2.75 bits per heavy atom. The van der Waals surface area contributed by atoms with E-state index < -0.39 is 0 Å². The van der Waals surface area contributed by atoms with Crippen molar-refractivity contribution in [3.63, 3.8) is 0 Å². The van der Waals surface area contributed by atoms with Crippen LogP contribution in [0.2, 0.25) is 0 Å². The van der Waals surface area contributed by atoms with E-state index in [1.165, 1.54) is 25.7 Å². The van der Waals surface area contributed by atoms with Gasteiger partial charge in [0.15, 0.2) is 11.4 Å². The average molecular weight is 294 g/mol. The van der Waals surface area contributed by atoms with Gasteiger partial charge in [-0.2, -0.15) is 0 Å². The van der Waals surface area contributed by atoms with Crippen LogP contribution in [0.3, 0.4) is 0 Å². The van der Waals surface area contributed by atoms with E-state index in [-0.39, 0.29) is 0 Å². The topological polar surface area (TPSA) is 33.2 Å². The average Bonchev–Trinajstić information content (AvgIpc) is 2.90. The van der Waals surface area contributed by atoms with E-state index in [1.54, 1.807) is 11.3 Å². The minimum Gasteiger partial charge on any atom is -0.348 e. The lowest BCUT2D eigenvalue weighted by Gasteiger charge is -2.36. The molecule has 1 aromatic heterocycles. The van der Waals surface area contributed by atoms with Crippen molar-refractivity contribution in [3.8, 4) is 0 Å². The van der Waals surface area contributed by atoms with Crippen molar-refractivity contribution in [3.05, 3.63) is 10.6 Å². The first-order valence-electron chi connectivity index (χ1n) is 7.77. The van der Waals surface area contributed by atoms with Crippen molar-refractivity contribution in [2.75, 3.05) is 11.9 Å². The van der Waals surface area contributed by atoms with Crippen molar-refractivity contribution in [2.24, 2.45) is 5.92 Å². The lowest BCUT2D eigenvalue weighted by atomic mass is 9.85. The summed E-state index contributed by atoms with van der Waals surface area (Å²) in [6.45, 7) is 6.63. The number of aldehydes is 1. The molecule has 0 aliphatic heterocycles. The third-order valence-corrected chi connectivity index (χ3v) is 5.81. The van der Waals surface area contributed by atoms with E-state index in [0.29, 0.717) is 17.9 Å². The molecule has 1 aromatic rings. The molecule has 20 heavy (non-hydrogen) atoms. The number of hydrogen-bond donors (Lipinski definition) is 0. The van der Waals surface area contributed by atoms with Crippen LogP contribution in [0.1, 0.15) is 74.2 Å². The summed E-state index contributed by atoms with van der Waals surface area (Å²) < 4.78 is 0. The summed E-state index contributed by atoms with van der Waals surface area (Å²) in [4.78, 5) is 19.2. The highest BCUT2D eigenvalue weighted by Gasteiger charge is 2.28. The molecule has 3 atom stereocenters. The van der Waals surface area contributed by atoms with Gasteiger partial charge in [-0.25, -0.2) is 4.98 Å². The van der Waals surface area contributed by atoms with Gasteiger partial charge < -0.3 is 4.90 Å². The number of rotatable bonds is 5. The fraction of sp³-hybridized carbons (Fsp3) is 0.750. The number of carbonyl (C=O) groups is 1. The zero-order valence-electron chi connectivity index (χ0n) is 13.1. The Bertz CT molecular complexity index is 457. The second-order valence-electron chi connectivity index (χ2n) is 6.11. The van der Waals surface area contributed by atoms with Crippen LogP contribution in [0, 0.1) is 5.92 Å². The highest BCUT2D eigenvalue weighted by Crippen LogP contribution is 2.35. The monoisotopic (exact) mass is 294 g/mol. The number of anilines is 1. The summed E-state index contributed by atoms with van der Waals surface area (Å²) >= 11 is 1.55. The maximum Gasteiger partial charge on any atom is 0.186 e. The third kappa shape index (κ3) is 3.05. The smallest absolute Gasteiger partial charge is 0.186 e. The van der Waals surface area contributed by atoms with Gasteiger partial charge in [-0.1, -0.05) is 44.9 Å². The third-order valence-electron chi connectivity index (χ3n) is 4.72. The largest absolute Gasteiger partial charge is 0.348 e. The van der Waals surface area contributed by atoms with Crippen LogP contribution in [0.5, 0.6) is 0 Å². The second-order valence-corrected chi connectivity index (χ2v) is 7.12. The molecular formula is C16H26N2OS. The van der Waals surface area contributed by atoms with Gasteiger partial charge in [-0.3, -0.25) is 4.79 Å². The van der Waals surface area contributed by atoms with Gasteiger partial charge in [0.25, 0.3) is 0 Å². The van der Waals surface area contributed by atoms with Crippen molar-refractivity contribution in [1.82, 2.24) is 4.98 Å². The lowest BCUT2D eigenvalue weighted by Crippen LogP contribution is -2.38. The molecule has 0 N–H and O–H groups in total. The zero-order chi connectivity index (χ0) is 14.7. The minimum absolute atomic E-state index is 0.359. The van der Waals surface area contributed by atoms with Crippen molar-refractivity contribution in [2.45, 2.75) is 64.8 Å². The minimum atomic E-state index is 0.359. The Hall–Kier alpha value is -0.900. The van der Waals surface area contributed by atoms with Gasteiger partial charge >= 0.3 is 0 Å². The Kier molecular flexibility index (Phi) is 5.19. The number of carbonyl (C=O) groups excluding carboxylic acids is 1. The fourth-order valence-electron chi connectivity index (χ4n) is 3.13. The van der Waals surface area contributed by atoms with Crippen LogP contribution in [-0.2, 0) is 0 Å². The molecular weight excluding hydrogens is 268 g/mol. The number of thiazole rings is 1. The molecule has 1 fully saturated rings. The predicted molar refractivity (Wildman–Crippen MR) is 86.0 cm³/mol. The molecule has 1 aliphatic carbocycles. The van der Waals surface area contributed by atoms with E-state index in [0.717, 1.165) is 28.4 Å². The van der Waals surface area contributed by atoms with E-state index in [1.807, 2.05) is 0 Å². The van der Waals surface area contributed by atoms with Crippen LogP contribution >= 0.6 is 11.3 Å². The Labute approximate surface area is 126 Å². The fourth-order valence-corrected chi connectivity index (χ4v) is 4.15. The van der Waals surface area contributed by atoms with Gasteiger partial charge in [-0.15, -0.1) is 0 Å². The maximum absolute atomic E-state index is 11.3. The molecule has 0 amide bonds. The molecule has 3 nitrogen and oxygen atoms in total. The quantitative estimate of drug-likeness (QED) is 0.750. The molecule has 0 radical (unpaired) electrons. The van der Waals surface area contributed by atoms with Crippen molar-refractivity contribution < 1.29 is 4.79 Å². The van der Waals surface area contributed by atoms with E-state index in [2.05, 4.69) is 32.7 Å². The van der Waals surface area contributed by atoms with Crippen LogP contribution < -0.4 is 4.90 Å². The molecule has 0 bridgehead atoms. The van der Waals surface area contributed by atoms with E-state index >= 15 is 0 Å². The highest BCUT2D eigenvalue weighted by molar-refractivity contribution is 7.17. The van der Waals surface area contributed by atoms with Crippen LogP contribution in [0.4, 0.5) is 5.13 Å². The standard InChI is InChI=1S/C16H26N2OS/c1-5-11(2)15-14(10-19)20-16(17-15)18(4)13-9-7-6-8-12(13)3/h10-13H,5-9H2,1-4H3. The summed E-state index contributed by atoms with van der Waals surface area (Å²) in [7, 11) is 2.14. The summed E-state index contributed by atoms with van der Waals surface area (Å²) in [6, 6.07) is 0.569. The molecule has 3 unspecified atom stereocenters. The summed E-state index contributed by atoms with van der Waals surface area (Å²) in [5, 5.41) is 1.01.